The Balaban J connectivity index is 1.53. The summed E-state index contributed by atoms with van der Waals surface area (Å²) in [5.74, 6) is -0.556. The van der Waals surface area contributed by atoms with Crippen LogP contribution in [0.15, 0.2) is 77.7 Å². The number of amides is 2. The average Bonchev–Trinajstić information content (AvgIpc) is 3.07. The predicted octanol–water partition coefficient (Wildman–Crippen LogP) is 5.04. The number of benzene rings is 3. The van der Waals surface area contributed by atoms with Crippen LogP contribution in [-0.4, -0.2) is 31.3 Å². The van der Waals surface area contributed by atoms with Crippen LogP contribution in [0, 0.1) is 19.7 Å². The second-order valence-electron chi connectivity index (χ2n) is 8.21. The molecule has 6 nitrogen and oxygen atoms in total. The first kappa shape index (κ1) is 23.5. The second kappa shape index (κ2) is 9.69. The third-order valence-electron chi connectivity index (χ3n) is 5.67. The van der Waals surface area contributed by atoms with Crippen LogP contribution in [0.25, 0.3) is 10.9 Å². The first-order valence-electron chi connectivity index (χ1n) is 10.9. The first-order chi connectivity index (χ1) is 16.2. The van der Waals surface area contributed by atoms with Crippen molar-refractivity contribution in [2.45, 2.75) is 25.3 Å². The third-order valence-corrected chi connectivity index (χ3v) is 7.55. The Bertz CT molecular complexity index is 1440. The fraction of sp³-hybridized carbons (Fsp3) is 0.192. The van der Waals surface area contributed by atoms with Crippen molar-refractivity contribution >= 4 is 32.5 Å². The van der Waals surface area contributed by atoms with E-state index in [4.69, 9.17) is 0 Å². The minimum absolute atomic E-state index is 0.0309. The van der Waals surface area contributed by atoms with Gasteiger partial charge in [-0.25, -0.2) is 17.6 Å². The lowest BCUT2D eigenvalue weighted by atomic mass is 10.2. The van der Waals surface area contributed by atoms with Gasteiger partial charge in [0.25, 0.3) is 0 Å². The van der Waals surface area contributed by atoms with Gasteiger partial charge in [0.2, 0.25) is 0 Å². The monoisotopic (exact) mass is 479 g/mol. The molecule has 0 radical (unpaired) electrons. The van der Waals surface area contributed by atoms with Crippen molar-refractivity contribution < 1.29 is 17.6 Å². The predicted molar refractivity (Wildman–Crippen MR) is 132 cm³/mol. The summed E-state index contributed by atoms with van der Waals surface area (Å²) in [6.07, 6.45) is 0. The summed E-state index contributed by atoms with van der Waals surface area (Å²) in [6, 6.07) is 20.4. The van der Waals surface area contributed by atoms with Crippen molar-refractivity contribution in [1.29, 1.82) is 0 Å². The number of halogens is 1. The van der Waals surface area contributed by atoms with Crippen molar-refractivity contribution in [1.82, 2.24) is 9.88 Å². The molecule has 0 atom stereocenters. The molecule has 8 heteroatoms. The third kappa shape index (κ3) is 5.12. The second-order valence-corrected chi connectivity index (χ2v) is 10.3. The van der Waals surface area contributed by atoms with Gasteiger partial charge in [-0.3, -0.25) is 0 Å². The van der Waals surface area contributed by atoms with Crippen molar-refractivity contribution in [3.63, 3.8) is 0 Å². The van der Waals surface area contributed by atoms with E-state index in [1.165, 1.54) is 12.1 Å². The molecule has 0 aliphatic carbocycles. The fourth-order valence-corrected chi connectivity index (χ4v) is 5.71. The van der Waals surface area contributed by atoms with Crippen LogP contribution in [0.1, 0.15) is 16.8 Å². The molecule has 1 heterocycles. The van der Waals surface area contributed by atoms with Crippen LogP contribution in [0.5, 0.6) is 0 Å². The molecule has 176 valence electrons. The number of nitrogens with one attached hydrogen (secondary N) is 2. The summed E-state index contributed by atoms with van der Waals surface area (Å²) in [6.45, 7) is 4.08. The van der Waals surface area contributed by atoms with Gasteiger partial charge in [0.15, 0.2) is 9.84 Å². The Labute approximate surface area is 198 Å². The lowest BCUT2D eigenvalue weighted by Gasteiger charge is -2.10. The summed E-state index contributed by atoms with van der Waals surface area (Å²) >= 11 is 0. The van der Waals surface area contributed by atoms with E-state index in [2.05, 4.69) is 10.6 Å². The summed E-state index contributed by atoms with van der Waals surface area (Å²) in [5, 5.41) is 5.96. The highest BCUT2D eigenvalue weighted by Gasteiger charge is 2.25. The molecule has 0 bridgehead atoms. The number of fused-ring (bicyclic) bond motifs is 1. The standard InChI is InChI=1S/C26H26FN3O3S/c1-18-6-5-7-22(16-18)29-26(31)28-14-15-34(32,33)25-19(2)30(24-9-4-3-8-23(24)25)17-20-10-12-21(27)13-11-20/h3-13,16H,14-15,17H2,1-2H3,(H2,28,29,31). The number of sulfone groups is 1. The topological polar surface area (TPSA) is 80.2 Å². The van der Waals surface area contributed by atoms with Gasteiger partial charge >= 0.3 is 6.03 Å². The number of hydrogen-bond acceptors (Lipinski definition) is 3. The number of carbonyl (C=O) groups excluding carboxylic acids is 1. The Morgan fingerprint density at radius 2 is 1.71 bits per heavy atom. The molecule has 4 rings (SSSR count). The normalized spacial score (nSPS) is 11.5. The molecule has 0 fully saturated rings. The lowest BCUT2D eigenvalue weighted by Crippen LogP contribution is -2.33. The van der Waals surface area contributed by atoms with Gasteiger partial charge in [-0.1, -0.05) is 42.5 Å². The molecule has 4 aromatic rings. The van der Waals surface area contributed by atoms with E-state index in [1.807, 2.05) is 41.8 Å². The minimum atomic E-state index is -3.69. The van der Waals surface area contributed by atoms with Crippen LogP contribution in [0.4, 0.5) is 14.9 Å². The minimum Gasteiger partial charge on any atom is -0.339 e. The Hall–Kier alpha value is -3.65. The highest BCUT2D eigenvalue weighted by molar-refractivity contribution is 7.91. The van der Waals surface area contributed by atoms with E-state index in [0.717, 1.165) is 16.6 Å². The zero-order valence-electron chi connectivity index (χ0n) is 19.0. The molecule has 0 aliphatic rings. The van der Waals surface area contributed by atoms with Crippen LogP contribution >= 0.6 is 0 Å². The maximum absolute atomic E-state index is 13.3. The number of aryl methyl sites for hydroxylation is 1. The maximum Gasteiger partial charge on any atom is 0.319 e. The van der Waals surface area contributed by atoms with E-state index in [0.29, 0.717) is 23.3 Å². The van der Waals surface area contributed by atoms with Crippen LogP contribution < -0.4 is 10.6 Å². The van der Waals surface area contributed by atoms with Gasteiger partial charge in [0.1, 0.15) is 5.82 Å². The van der Waals surface area contributed by atoms with E-state index >= 15 is 0 Å². The zero-order chi connectivity index (χ0) is 24.3. The number of hydrogen-bond donors (Lipinski definition) is 2. The van der Waals surface area contributed by atoms with Gasteiger partial charge in [0.05, 0.1) is 10.6 Å². The zero-order valence-corrected chi connectivity index (χ0v) is 19.8. The van der Waals surface area contributed by atoms with Crippen molar-refractivity contribution in [2.75, 3.05) is 17.6 Å². The van der Waals surface area contributed by atoms with E-state index in [-0.39, 0.29) is 23.0 Å². The smallest absolute Gasteiger partial charge is 0.319 e. The van der Waals surface area contributed by atoms with Gasteiger partial charge in [-0.2, -0.15) is 0 Å². The quantitative estimate of drug-likeness (QED) is 0.390. The van der Waals surface area contributed by atoms with Crippen molar-refractivity contribution in [3.05, 3.63) is 95.4 Å². The van der Waals surface area contributed by atoms with Gasteiger partial charge in [0, 0.05) is 35.4 Å². The fourth-order valence-electron chi connectivity index (χ4n) is 4.07. The van der Waals surface area contributed by atoms with Crippen molar-refractivity contribution in [3.8, 4) is 0 Å². The number of anilines is 1. The Morgan fingerprint density at radius 3 is 2.44 bits per heavy atom. The number of carbonyl (C=O) groups is 1. The van der Waals surface area contributed by atoms with Crippen LogP contribution in [0.3, 0.4) is 0 Å². The number of para-hydroxylation sites is 1. The maximum atomic E-state index is 13.3. The Morgan fingerprint density at radius 1 is 0.971 bits per heavy atom. The highest BCUT2D eigenvalue weighted by Crippen LogP contribution is 2.31. The number of aromatic nitrogens is 1. The largest absolute Gasteiger partial charge is 0.339 e. The molecule has 3 aromatic carbocycles. The molecule has 0 spiro atoms. The molecular formula is C26H26FN3O3S. The van der Waals surface area contributed by atoms with E-state index < -0.39 is 15.9 Å². The average molecular weight is 480 g/mol. The number of nitrogens with zero attached hydrogens (tertiary/aromatic N) is 1. The summed E-state index contributed by atoms with van der Waals surface area (Å²) in [4.78, 5) is 12.5. The highest BCUT2D eigenvalue weighted by atomic mass is 32.2. The Kier molecular flexibility index (Phi) is 6.70. The molecule has 2 amide bonds. The van der Waals surface area contributed by atoms with Crippen molar-refractivity contribution in [2.24, 2.45) is 0 Å². The van der Waals surface area contributed by atoms with Gasteiger partial charge < -0.3 is 15.2 Å². The van der Waals surface area contributed by atoms with Crippen LogP contribution in [0.2, 0.25) is 0 Å². The first-order valence-corrected chi connectivity index (χ1v) is 12.6. The van der Waals surface area contributed by atoms with E-state index in [9.17, 15) is 17.6 Å². The molecule has 34 heavy (non-hydrogen) atoms. The number of rotatable bonds is 7. The summed E-state index contributed by atoms with van der Waals surface area (Å²) in [7, 11) is -3.69. The molecule has 0 aliphatic heterocycles. The summed E-state index contributed by atoms with van der Waals surface area (Å²) in [5.41, 5.74) is 3.90. The SMILES string of the molecule is Cc1cccc(NC(=O)NCCS(=O)(=O)c2c(C)n(Cc3ccc(F)cc3)c3ccccc23)c1. The molecular weight excluding hydrogens is 453 g/mol. The molecule has 0 saturated heterocycles. The lowest BCUT2D eigenvalue weighted by molar-refractivity contribution is 0.252. The molecule has 1 aromatic heterocycles. The van der Waals surface area contributed by atoms with E-state index in [1.54, 1.807) is 37.3 Å². The van der Waals surface area contributed by atoms with Gasteiger partial charge in [-0.05, 0) is 55.3 Å². The van der Waals surface area contributed by atoms with Crippen LogP contribution in [-0.2, 0) is 16.4 Å². The molecule has 2 N–H and O–H groups in total. The number of urea groups is 1. The summed E-state index contributed by atoms with van der Waals surface area (Å²) < 4.78 is 41.9. The van der Waals surface area contributed by atoms with Gasteiger partial charge in [-0.15, -0.1) is 0 Å². The molecule has 0 unspecified atom stereocenters. The molecule has 0 saturated carbocycles.